The number of rotatable bonds is 2. The molecule has 96 valence electrons. The van der Waals surface area contributed by atoms with Gasteiger partial charge < -0.3 is 9.47 Å². The molecule has 18 heavy (non-hydrogen) atoms. The van der Waals surface area contributed by atoms with Crippen LogP contribution in [0.2, 0.25) is 0 Å². The van der Waals surface area contributed by atoms with Crippen molar-refractivity contribution in [2.24, 2.45) is 0 Å². The molecule has 0 saturated carbocycles. The molecule has 0 unspecified atom stereocenters. The fourth-order valence-corrected chi connectivity index (χ4v) is 1.14. The Hall–Kier alpha value is -2.17. The maximum atomic E-state index is 4.88. The average molecular weight is 247 g/mol. The van der Waals surface area contributed by atoms with E-state index in [1.54, 1.807) is 26.6 Å². The third-order valence-electron chi connectivity index (χ3n) is 2.05. The third kappa shape index (κ3) is 4.78. The highest BCUT2D eigenvalue weighted by molar-refractivity contribution is 5.18. The van der Waals surface area contributed by atoms with E-state index in [1.807, 2.05) is 32.0 Å². The van der Waals surface area contributed by atoms with E-state index in [2.05, 4.69) is 15.0 Å². The first-order valence-electron chi connectivity index (χ1n) is 5.46. The molecule has 5 nitrogen and oxygen atoms in total. The maximum Gasteiger partial charge on any atom is 0.316 e. The van der Waals surface area contributed by atoms with Crippen molar-refractivity contribution >= 4 is 0 Å². The van der Waals surface area contributed by atoms with Crippen LogP contribution in [0.15, 0.2) is 30.6 Å². The minimum atomic E-state index is 0.426. The van der Waals surface area contributed by atoms with Gasteiger partial charge in [-0.2, -0.15) is 0 Å². The van der Waals surface area contributed by atoms with Crippen molar-refractivity contribution in [3.8, 4) is 11.9 Å². The zero-order valence-electron chi connectivity index (χ0n) is 11.0. The van der Waals surface area contributed by atoms with Crippen LogP contribution in [-0.2, 0) is 0 Å². The van der Waals surface area contributed by atoms with Crippen molar-refractivity contribution in [1.82, 2.24) is 15.0 Å². The summed E-state index contributed by atoms with van der Waals surface area (Å²) in [6, 6.07) is 6.07. The molecule has 2 aromatic rings. The number of hydrogen-bond acceptors (Lipinski definition) is 5. The van der Waals surface area contributed by atoms with Crippen LogP contribution in [0.4, 0.5) is 0 Å². The number of ether oxygens (including phenoxy) is 2. The number of hydrogen-bond donors (Lipinski definition) is 0. The largest absolute Gasteiger partial charge is 0.481 e. The van der Waals surface area contributed by atoms with Crippen LogP contribution in [0.5, 0.6) is 11.9 Å². The lowest BCUT2D eigenvalue weighted by atomic mass is 10.3. The number of nitrogens with zero attached hydrogens (tertiary/aromatic N) is 3. The van der Waals surface area contributed by atoms with Crippen LogP contribution in [0.1, 0.15) is 11.3 Å². The second-order valence-corrected chi connectivity index (χ2v) is 3.56. The highest BCUT2D eigenvalue weighted by Crippen LogP contribution is 2.05. The van der Waals surface area contributed by atoms with Crippen molar-refractivity contribution < 1.29 is 9.47 Å². The minimum Gasteiger partial charge on any atom is -0.481 e. The molecule has 5 heteroatoms. The first-order valence-corrected chi connectivity index (χ1v) is 5.46. The predicted molar refractivity (Wildman–Crippen MR) is 68.8 cm³/mol. The van der Waals surface area contributed by atoms with Crippen LogP contribution in [0, 0.1) is 13.8 Å². The molecule has 0 spiro atoms. The molecule has 0 saturated heterocycles. The Labute approximate surface area is 107 Å². The molecule has 2 rings (SSSR count). The Balaban J connectivity index is 0.000000180. The SMILES string of the molecule is COc1cc(C)ccn1.COc1nccc(C)n1. The van der Waals surface area contributed by atoms with E-state index in [0.29, 0.717) is 11.9 Å². The van der Waals surface area contributed by atoms with Gasteiger partial charge in [-0.15, -0.1) is 0 Å². The van der Waals surface area contributed by atoms with Gasteiger partial charge in [0.1, 0.15) is 0 Å². The lowest BCUT2D eigenvalue weighted by molar-refractivity contribution is 0.378. The van der Waals surface area contributed by atoms with Gasteiger partial charge in [0.05, 0.1) is 14.2 Å². The van der Waals surface area contributed by atoms with Crippen molar-refractivity contribution in [1.29, 1.82) is 0 Å². The van der Waals surface area contributed by atoms with E-state index in [-0.39, 0.29) is 0 Å². The summed E-state index contributed by atoms with van der Waals surface area (Å²) in [6.45, 7) is 3.90. The molecule has 0 bridgehead atoms. The van der Waals surface area contributed by atoms with E-state index in [9.17, 15) is 0 Å². The fourth-order valence-electron chi connectivity index (χ4n) is 1.14. The van der Waals surface area contributed by atoms with E-state index >= 15 is 0 Å². The molecule has 0 N–H and O–H groups in total. The van der Waals surface area contributed by atoms with Crippen LogP contribution in [0.25, 0.3) is 0 Å². The zero-order chi connectivity index (χ0) is 13.4. The highest BCUT2D eigenvalue weighted by Gasteiger charge is 1.90. The van der Waals surface area contributed by atoms with Gasteiger partial charge in [-0.25, -0.2) is 15.0 Å². The smallest absolute Gasteiger partial charge is 0.316 e. The molecule has 0 atom stereocenters. The molecular weight excluding hydrogens is 230 g/mol. The standard InChI is InChI=1S/C7H9NO.C6H8N2O/c1-6-3-4-8-7(5-6)9-2;1-5-3-4-7-6(8-5)9-2/h3-5H,1-2H3;3-4H,1-2H3. The maximum absolute atomic E-state index is 4.88. The Kier molecular flexibility index (Phi) is 5.57. The zero-order valence-corrected chi connectivity index (χ0v) is 11.0. The molecule has 0 radical (unpaired) electrons. The van der Waals surface area contributed by atoms with E-state index in [0.717, 1.165) is 5.69 Å². The van der Waals surface area contributed by atoms with Gasteiger partial charge in [0.25, 0.3) is 0 Å². The Bertz CT molecular complexity index is 444. The molecule has 2 heterocycles. The molecule has 0 fully saturated rings. The average Bonchev–Trinajstić information content (AvgIpc) is 2.39. The molecule has 0 aliphatic rings. The number of methoxy groups -OCH3 is 2. The van der Waals surface area contributed by atoms with Gasteiger partial charge >= 0.3 is 6.01 Å². The van der Waals surface area contributed by atoms with Crippen LogP contribution in [0.3, 0.4) is 0 Å². The normalized spacial score (nSPS) is 9.11. The lowest BCUT2D eigenvalue weighted by Crippen LogP contribution is -1.91. The Morgan fingerprint density at radius 1 is 0.944 bits per heavy atom. The van der Waals surface area contributed by atoms with Crippen LogP contribution < -0.4 is 9.47 Å². The molecule has 0 amide bonds. The second kappa shape index (κ2) is 7.21. The molecule has 0 aliphatic carbocycles. The van der Waals surface area contributed by atoms with Gasteiger partial charge in [0, 0.05) is 24.2 Å². The minimum absolute atomic E-state index is 0.426. The molecule has 0 aliphatic heterocycles. The topological polar surface area (TPSA) is 57.1 Å². The van der Waals surface area contributed by atoms with Crippen molar-refractivity contribution in [3.63, 3.8) is 0 Å². The molecule has 2 aromatic heterocycles. The lowest BCUT2D eigenvalue weighted by Gasteiger charge is -1.96. The first kappa shape index (κ1) is 13.9. The first-order chi connectivity index (χ1) is 8.65. The van der Waals surface area contributed by atoms with Gasteiger partial charge in [0.15, 0.2) is 0 Å². The predicted octanol–water partition coefficient (Wildman–Crippen LogP) is 2.19. The summed E-state index contributed by atoms with van der Waals surface area (Å²) in [5, 5.41) is 0. The van der Waals surface area contributed by atoms with Gasteiger partial charge in [-0.05, 0) is 31.5 Å². The van der Waals surface area contributed by atoms with Crippen LogP contribution >= 0.6 is 0 Å². The van der Waals surface area contributed by atoms with Gasteiger partial charge in [0.2, 0.25) is 5.88 Å². The summed E-state index contributed by atoms with van der Waals surface area (Å²) in [5.41, 5.74) is 2.09. The Morgan fingerprint density at radius 2 is 1.67 bits per heavy atom. The molecular formula is C13H17N3O2. The van der Waals surface area contributed by atoms with E-state index < -0.39 is 0 Å². The quantitative estimate of drug-likeness (QED) is 0.814. The Morgan fingerprint density at radius 3 is 2.11 bits per heavy atom. The van der Waals surface area contributed by atoms with Crippen molar-refractivity contribution in [3.05, 3.63) is 41.9 Å². The van der Waals surface area contributed by atoms with E-state index in [1.165, 1.54) is 5.56 Å². The van der Waals surface area contributed by atoms with Crippen molar-refractivity contribution in [2.45, 2.75) is 13.8 Å². The monoisotopic (exact) mass is 247 g/mol. The highest BCUT2D eigenvalue weighted by atomic mass is 16.5. The summed E-state index contributed by atoms with van der Waals surface area (Å²) >= 11 is 0. The second-order valence-electron chi connectivity index (χ2n) is 3.56. The summed E-state index contributed by atoms with van der Waals surface area (Å²) in [7, 11) is 3.16. The van der Waals surface area contributed by atoms with Crippen LogP contribution in [-0.4, -0.2) is 29.2 Å². The number of aromatic nitrogens is 3. The van der Waals surface area contributed by atoms with Crippen molar-refractivity contribution in [2.75, 3.05) is 14.2 Å². The summed E-state index contributed by atoms with van der Waals surface area (Å²) in [4.78, 5) is 11.7. The third-order valence-corrected chi connectivity index (χ3v) is 2.05. The number of pyridine rings is 1. The summed E-state index contributed by atoms with van der Waals surface area (Å²) in [5.74, 6) is 0.676. The summed E-state index contributed by atoms with van der Waals surface area (Å²) < 4.78 is 9.66. The summed E-state index contributed by atoms with van der Waals surface area (Å²) in [6.07, 6.45) is 3.40. The van der Waals surface area contributed by atoms with E-state index in [4.69, 9.17) is 9.47 Å². The fraction of sp³-hybridized carbons (Fsp3) is 0.308. The molecule has 0 aromatic carbocycles. The number of aryl methyl sites for hydroxylation is 2. The van der Waals surface area contributed by atoms with Gasteiger partial charge in [-0.1, -0.05) is 0 Å². The van der Waals surface area contributed by atoms with Gasteiger partial charge in [-0.3, -0.25) is 0 Å².